The standard InChI is InChI=1S/C12H20N2O4/c15-10-6-8-3-4-9(7-10)14(8)12(18)13-5-1-2-11(16)17/h8-10,15H,1-7H2,(H,13,18)(H,16,17). The second-order valence-electron chi connectivity index (χ2n) is 5.15. The van der Waals surface area contributed by atoms with Gasteiger partial charge in [-0.1, -0.05) is 0 Å². The molecule has 6 nitrogen and oxygen atoms in total. The van der Waals surface area contributed by atoms with Crippen molar-refractivity contribution in [1.82, 2.24) is 10.2 Å². The lowest BCUT2D eigenvalue weighted by Crippen LogP contribution is -2.52. The molecule has 0 aromatic carbocycles. The number of aliphatic carboxylic acids is 1. The van der Waals surface area contributed by atoms with E-state index in [1.807, 2.05) is 4.90 Å². The number of amides is 2. The lowest BCUT2D eigenvalue weighted by molar-refractivity contribution is -0.137. The number of piperidine rings is 1. The highest BCUT2D eigenvalue weighted by atomic mass is 16.4. The SMILES string of the molecule is O=C(O)CCCNC(=O)N1C2CCC1CC(O)C2. The van der Waals surface area contributed by atoms with E-state index in [2.05, 4.69) is 5.32 Å². The summed E-state index contributed by atoms with van der Waals surface area (Å²) in [4.78, 5) is 24.2. The number of aliphatic hydroxyl groups is 1. The van der Waals surface area contributed by atoms with E-state index in [-0.39, 0.29) is 30.6 Å². The molecule has 2 bridgehead atoms. The van der Waals surface area contributed by atoms with Crippen LogP contribution in [-0.2, 0) is 4.79 Å². The third-order valence-corrected chi connectivity index (χ3v) is 3.79. The van der Waals surface area contributed by atoms with Crippen molar-refractivity contribution in [2.24, 2.45) is 0 Å². The van der Waals surface area contributed by atoms with E-state index in [4.69, 9.17) is 5.11 Å². The van der Waals surface area contributed by atoms with Crippen molar-refractivity contribution >= 4 is 12.0 Å². The molecule has 102 valence electrons. The Morgan fingerprint density at radius 1 is 1.22 bits per heavy atom. The number of rotatable bonds is 4. The van der Waals surface area contributed by atoms with Gasteiger partial charge in [0.25, 0.3) is 0 Å². The number of nitrogens with zero attached hydrogens (tertiary/aromatic N) is 1. The van der Waals surface area contributed by atoms with Gasteiger partial charge in [0.05, 0.1) is 6.10 Å². The van der Waals surface area contributed by atoms with Crippen molar-refractivity contribution < 1.29 is 19.8 Å². The molecule has 2 atom stereocenters. The van der Waals surface area contributed by atoms with E-state index in [1.54, 1.807) is 0 Å². The second-order valence-corrected chi connectivity index (χ2v) is 5.15. The van der Waals surface area contributed by atoms with Crippen LogP contribution in [0.5, 0.6) is 0 Å². The minimum atomic E-state index is -0.842. The molecule has 0 aromatic rings. The molecule has 0 spiro atoms. The summed E-state index contributed by atoms with van der Waals surface area (Å²) in [5, 5.41) is 20.9. The summed E-state index contributed by atoms with van der Waals surface area (Å²) in [6, 6.07) is 0.191. The molecule has 2 saturated heterocycles. The molecule has 2 fully saturated rings. The van der Waals surface area contributed by atoms with Gasteiger partial charge >= 0.3 is 12.0 Å². The van der Waals surface area contributed by atoms with Crippen LogP contribution in [0, 0.1) is 0 Å². The molecular formula is C12H20N2O4. The van der Waals surface area contributed by atoms with E-state index in [0.717, 1.165) is 12.8 Å². The third kappa shape index (κ3) is 2.93. The molecule has 2 aliphatic heterocycles. The summed E-state index contributed by atoms with van der Waals surface area (Å²) in [7, 11) is 0. The van der Waals surface area contributed by atoms with Crippen molar-refractivity contribution in [2.75, 3.05) is 6.54 Å². The zero-order chi connectivity index (χ0) is 13.1. The van der Waals surface area contributed by atoms with Gasteiger partial charge in [0.2, 0.25) is 0 Å². The molecule has 0 radical (unpaired) electrons. The number of nitrogens with one attached hydrogen (secondary N) is 1. The predicted molar refractivity (Wildman–Crippen MR) is 64.2 cm³/mol. The summed E-state index contributed by atoms with van der Waals surface area (Å²) < 4.78 is 0. The van der Waals surface area contributed by atoms with Gasteiger partial charge in [0.15, 0.2) is 0 Å². The van der Waals surface area contributed by atoms with Crippen molar-refractivity contribution in [2.45, 2.75) is 56.7 Å². The molecule has 6 heteroatoms. The van der Waals surface area contributed by atoms with Crippen LogP contribution in [0.15, 0.2) is 0 Å². The fourth-order valence-corrected chi connectivity index (χ4v) is 3.01. The Morgan fingerprint density at radius 2 is 1.83 bits per heavy atom. The second kappa shape index (κ2) is 5.56. The first kappa shape index (κ1) is 13.1. The van der Waals surface area contributed by atoms with E-state index >= 15 is 0 Å². The molecule has 2 aliphatic rings. The van der Waals surface area contributed by atoms with Crippen LogP contribution in [0.4, 0.5) is 4.79 Å². The first-order valence-electron chi connectivity index (χ1n) is 6.54. The lowest BCUT2D eigenvalue weighted by atomic mass is 10.0. The van der Waals surface area contributed by atoms with Crippen LogP contribution >= 0.6 is 0 Å². The number of hydrogen-bond acceptors (Lipinski definition) is 3. The number of carbonyl (C=O) groups excluding carboxylic acids is 1. The van der Waals surface area contributed by atoms with Gasteiger partial charge in [0, 0.05) is 25.0 Å². The van der Waals surface area contributed by atoms with Gasteiger partial charge in [0.1, 0.15) is 0 Å². The van der Waals surface area contributed by atoms with Crippen LogP contribution < -0.4 is 5.32 Å². The Bertz CT molecular complexity index is 320. The maximum absolute atomic E-state index is 12.0. The Kier molecular flexibility index (Phi) is 4.06. The normalized spacial score (nSPS) is 30.3. The molecule has 0 aromatic heterocycles. The highest BCUT2D eigenvalue weighted by Crippen LogP contribution is 2.35. The largest absolute Gasteiger partial charge is 0.481 e. The van der Waals surface area contributed by atoms with Crippen molar-refractivity contribution in [3.05, 3.63) is 0 Å². The number of carbonyl (C=O) groups is 2. The molecule has 2 heterocycles. The van der Waals surface area contributed by atoms with Gasteiger partial charge in [-0.15, -0.1) is 0 Å². The molecule has 0 aliphatic carbocycles. The summed E-state index contributed by atoms with van der Waals surface area (Å²) in [6.07, 6.45) is 3.50. The summed E-state index contributed by atoms with van der Waals surface area (Å²) in [6.45, 7) is 0.392. The van der Waals surface area contributed by atoms with Gasteiger partial charge < -0.3 is 20.4 Å². The van der Waals surface area contributed by atoms with Gasteiger partial charge in [-0.3, -0.25) is 4.79 Å². The minimum absolute atomic E-state index is 0.0752. The van der Waals surface area contributed by atoms with E-state index < -0.39 is 5.97 Å². The van der Waals surface area contributed by atoms with Crippen LogP contribution in [0.25, 0.3) is 0 Å². The van der Waals surface area contributed by atoms with Crippen LogP contribution in [0.3, 0.4) is 0 Å². The molecular weight excluding hydrogens is 236 g/mol. The maximum Gasteiger partial charge on any atom is 0.317 e. The zero-order valence-corrected chi connectivity index (χ0v) is 10.3. The molecule has 2 unspecified atom stereocenters. The van der Waals surface area contributed by atoms with Gasteiger partial charge in [-0.25, -0.2) is 4.79 Å². The predicted octanol–water partition coefficient (Wildman–Crippen LogP) is 0.548. The molecule has 0 saturated carbocycles. The van der Waals surface area contributed by atoms with Crippen LogP contribution in [0.1, 0.15) is 38.5 Å². The van der Waals surface area contributed by atoms with E-state index in [0.29, 0.717) is 25.8 Å². The third-order valence-electron chi connectivity index (χ3n) is 3.79. The average molecular weight is 256 g/mol. The zero-order valence-electron chi connectivity index (χ0n) is 10.3. The quantitative estimate of drug-likeness (QED) is 0.641. The Labute approximate surface area is 106 Å². The summed E-state index contributed by atoms with van der Waals surface area (Å²) in [5.41, 5.74) is 0. The first-order valence-corrected chi connectivity index (χ1v) is 6.54. The highest BCUT2D eigenvalue weighted by molar-refractivity contribution is 5.75. The maximum atomic E-state index is 12.0. The van der Waals surface area contributed by atoms with Gasteiger partial charge in [-0.05, 0) is 32.1 Å². The smallest absolute Gasteiger partial charge is 0.317 e. The molecule has 2 rings (SSSR count). The summed E-state index contributed by atoms with van der Waals surface area (Å²) in [5.74, 6) is -0.842. The Morgan fingerprint density at radius 3 is 2.39 bits per heavy atom. The van der Waals surface area contributed by atoms with Crippen LogP contribution in [0.2, 0.25) is 0 Å². The highest BCUT2D eigenvalue weighted by Gasteiger charge is 2.42. The molecule has 2 amide bonds. The Balaban J connectivity index is 1.78. The number of carboxylic acids is 1. The molecule has 18 heavy (non-hydrogen) atoms. The number of hydrogen-bond donors (Lipinski definition) is 3. The van der Waals surface area contributed by atoms with Crippen LogP contribution in [-0.4, -0.2) is 51.8 Å². The van der Waals surface area contributed by atoms with Gasteiger partial charge in [-0.2, -0.15) is 0 Å². The number of urea groups is 1. The topological polar surface area (TPSA) is 89.9 Å². The van der Waals surface area contributed by atoms with Crippen molar-refractivity contribution in [3.8, 4) is 0 Å². The fraction of sp³-hybridized carbons (Fsp3) is 0.833. The summed E-state index contributed by atoms with van der Waals surface area (Å²) >= 11 is 0. The minimum Gasteiger partial charge on any atom is -0.481 e. The number of aliphatic hydroxyl groups excluding tert-OH is 1. The Hall–Kier alpha value is -1.30. The van der Waals surface area contributed by atoms with E-state index in [9.17, 15) is 14.7 Å². The fourth-order valence-electron chi connectivity index (χ4n) is 3.01. The average Bonchev–Trinajstić information content (AvgIpc) is 2.57. The first-order chi connectivity index (χ1) is 8.58. The number of carboxylic acid groups (broad SMARTS) is 1. The van der Waals surface area contributed by atoms with E-state index in [1.165, 1.54) is 0 Å². The lowest BCUT2D eigenvalue weighted by Gasteiger charge is -2.37. The van der Waals surface area contributed by atoms with Crippen molar-refractivity contribution in [1.29, 1.82) is 0 Å². The monoisotopic (exact) mass is 256 g/mol. The molecule has 3 N–H and O–H groups in total. The van der Waals surface area contributed by atoms with Crippen molar-refractivity contribution in [3.63, 3.8) is 0 Å². The number of fused-ring (bicyclic) bond motifs is 2.